The number of amides is 1. The molecule has 0 radical (unpaired) electrons. The molecule has 1 amide bonds. The molecule has 20 heavy (non-hydrogen) atoms. The van der Waals surface area contributed by atoms with Gasteiger partial charge in [0.15, 0.2) is 0 Å². The summed E-state index contributed by atoms with van der Waals surface area (Å²) in [6, 6.07) is 2.75. The number of carbonyl (C=O) groups excluding carboxylic acids is 1. The molecule has 2 rings (SSSR count). The molecular formula is C15H21FN2O2. The third-order valence-electron chi connectivity index (χ3n) is 4.41. The molecule has 0 heterocycles. The minimum atomic E-state index is -0.460. The van der Waals surface area contributed by atoms with Gasteiger partial charge in [0, 0.05) is 35.4 Å². The number of halogens is 1. The molecule has 2 atom stereocenters. The molecule has 1 aliphatic carbocycles. The van der Waals surface area contributed by atoms with Crippen molar-refractivity contribution in [1.82, 2.24) is 5.32 Å². The Bertz CT molecular complexity index is 520. The Labute approximate surface area is 118 Å². The lowest BCUT2D eigenvalue weighted by Gasteiger charge is -2.51. The molecule has 2 unspecified atom stereocenters. The molecule has 1 aromatic rings. The zero-order valence-electron chi connectivity index (χ0n) is 12.3. The van der Waals surface area contributed by atoms with Crippen LogP contribution < -0.4 is 11.1 Å². The summed E-state index contributed by atoms with van der Waals surface area (Å²) in [5.74, 6) is -0.763. The van der Waals surface area contributed by atoms with E-state index in [9.17, 15) is 9.18 Å². The van der Waals surface area contributed by atoms with Crippen molar-refractivity contribution in [1.29, 1.82) is 0 Å². The molecule has 1 fully saturated rings. The van der Waals surface area contributed by atoms with Crippen LogP contribution in [-0.2, 0) is 4.74 Å². The monoisotopic (exact) mass is 280 g/mol. The number of nitrogen functional groups attached to an aromatic ring is 1. The number of ether oxygens (including phenoxy) is 1. The summed E-state index contributed by atoms with van der Waals surface area (Å²) >= 11 is 0. The van der Waals surface area contributed by atoms with Gasteiger partial charge in [0.1, 0.15) is 5.82 Å². The van der Waals surface area contributed by atoms with Crippen LogP contribution in [0.4, 0.5) is 10.1 Å². The summed E-state index contributed by atoms with van der Waals surface area (Å²) in [4.78, 5) is 12.2. The number of benzene rings is 1. The van der Waals surface area contributed by atoms with Crippen molar-refractivity contribution in [3.8, 4) is 0 Å². The van der Waals surface area contributed by atoms with Crippen LogP contribution >= 0.6 is 0 Å². The molecule has 4 nitrogen and oxygen atoms in total. The Hall–Kier alpha value is -1.62. The lowest BCUT2D eigenvalue weighted by Crippen LogP contribution is -2.61. The second kappa shape index (κ2) is 5.05. The van der Waals surface area contributed by atoms with Gasteiger partial charge >= 0.3 is 0 Å². The number of hydrogen-bond acceptors (Lipinski definition) is 3. The molecule has 0 aromatic heterocycles. The van der Waals surface area contributed by atoms with Gasteiger partial charge in [-0.2, -0.15) is 0 Å². The highest BCUT2D eigenvalue weighted by Crippen LogP contribution is 2.42. The molecule has 0 aliphatic heterocycles. The second-order valence-corrected chi connectivity index (χ2v) is 5.98. The highest BCUT2D eigenvalue weighted by Gasteiger charge is 2.49. The normalized spacial score (nSPS) is 24.1. The zero-order chi connectivity index (χ0) is 15.1. The molecule has 1 saturated carbocycles. The number of anilines is 1. The van der Waals surface area contributed by atoms with Gasteiger partial charge in [-0.1, -0.05) is 13.8 Å². The van der Waals surface area contributed by atoms with Crippen LogP contribution in [0.3, 0.4) is 0 Å². The fraction of sp³-hybridized carbons (Fsp3) is 0.533. The van der Waals surface area contributed by atoms with Crippen molar-refractivity contribution in [2.75, 3.05) is 12.8 Å². The number of hydrogen-bond donors (Lipinski definition) is 2. The van der Waals surface area contributed by atoms with Gasteiger partial charge in [0.25, 0.3) is 5.91 Å². The molecule has 110 valence electrons. The Morgan fingerprint density at radius 1 is 1.50 bits per heavy atom. The van der Waals surface area contributed by atoms with Crippen LogP contribution in [0.25, 0.3) is 0 Å². The molecule has 3 N–H and O–H groups in total. The van der Waals surface area contributed by atoms with Crippen LogP contribution in [0.15, 0.2) is 12.1 Å². The van der Waals surface area contributed by atoms with Crippen molar-refractivity contribution in [2.24, 2.45) is 5.41 Å². The average molecular weight is 280 g/mol. The predicted octanol–water partition coefficient (Wildman–Crippen LogP) is 2.26. The molecule has 0 spiro atoms. The van der Waals surface area contributed by atoms with E-state index >= 15 is 0 Å². The van der Waals surface area contributed by atoms with Crippen LogP contribution in [0.5, 0.6) is 0 Å². The van der Waals surface area contributed by atoms with E-state index in [1.807, 2.05) is 13.8 Å². The summed E-state index contributed by atoms with van der Waals surface area (Å²) in [6.07, 6.45) is 0.895. The standard InChI is InChI=1S/C15H21FN2O2/c1-8-10(16)5-9(6-11(8)17)14(19)18-12-7-13(20-4)15(12,2)3/h5-6,12-13H,7,17H2,1-4H3,(H,18,19). The fourth-order valence-electron chi connectivity index (χ4n) is 2.60. The highest BCUT2D eigenvalue weighted by molar-refractivity contribution is 5.95. The maximum absolute atomic E-state index is 13.6. The first-order valence-corrected chi connectivity index (χ1v) is 6.66. The van der Waals surface area contributed by atoms with Crippen molar-refractivity contribution < 1.29 is 13.9 Å². The first-order chi connectivity index (χ1) is 9.27. The van der Waals surface area contributed by atoms with Gasteiger partial charge < -0.3 is 15.8 Å². The average Bonchev–Trinajstić information content (AvgIpc) is 2.39. The first-order valence-electron chi connectivity index (χ1n) is 6.66. The summed E-state index contributed by atoms with van der Waals surface area (Å²) in [7, 11) is 1.67. The topological polar surface area (TPSA) is 64.3 Å². The van der Waals surface area contributed by atoms with E-state index in [0.29, 0.717) is 5.56 Å². The van der Waals surface area contributed by atoms with E-state index in [-0.39, 0.29) is 34.7 Å². The molecule has 1 aliphatic rings. The smallest absolute Gasteiger partial charge is 0.251 e. The summed E-state index contributed by atoms with van der Waals surface area (Å²) < 4.78 is 19.0. The van der Waals surface area contributed by atoms with Gasteiger partial charge in [-0.05, 0) is 25.5 Å². The van der Waals surface area contributed by atoms with Gasteiger partial charge in [-0.3, -0.25) is 4.79 Å². The lowest BCUT2D eigenvalue weighted by molar-refractivity contribution is -0.0942. The van der Waals surface area contributed by atoms with Crippen LogP contribution in [0, 0.1) is 18.2 Å². The van der Waals surface area contributed by atoms with E-state index in [2.05, 4.69) is 5.32 Å². The van der Waals surface area contributed by atoms with E-state index in [1.165, 1.54) is 12.1 Å². The maximum Gasteiger partial charge on any atom is 0.251 e. The summed E-state index contributed by atoms with van der Waals surface area (Å²) in [5.41, 5.74) is 6.48. The quantitative estimate of drug-likeness (QED) is 0.835. The molecule has 0 bridgehead atoms. The third kappa shape index (κ3) is 2.38. The van der Waals surface area contributed by atoms with Crippen LogP contribution in [0.1, 0.15) is 36.2 Å². The fourth-order valence-corrected chi connectivity index (χ4v) is 2.60. The number of rotatable bonds is 3. The van der Waals surface area contributed by atoms with E-state index in [0.717, 1.165) is 6.42 Å². The summed E-state index contributed by atoms with van der Waals surface area (Å²) in [6.45, 7) is 5.67. The largest absolute Gasteiger partial charge is 0.398 e. The summed E-state index contributed by atoms with van der Waals surface area (Å²) in [5, 5.41) is 2.92. The van der Waals surface area contributed by atoms with Gasteiger partial charge in [-0.25, -0.2) is 4.39 Å². The Morgan fingerprint density at radius 2 is 2.15 bits per heavy atom. The van der Waals surface area contributed by atoms with Gasteiger partial charge in [-0.15, -0.1) is 0 Å². The van der Waals surface area contributed by atoms with Crippen molar-refractivity contribution in [3.05, 3.63) is 29.1 Å². The minimum Gasteiger partial charge on any atom is -0.398 e. The first kappa shape index (κ1) is 14.8. The van der Waals surface area contributed by atoms with E-state index < -0.39 is 5.82 Å². The lowest BCUT2D eigenvalue weighted by atomic mass is 9.64. The van der Waals surface area contributed by atoms with Crippen molar-refractivity contribution >= 4 is 11.6 Å². The van der Waals surface area contributed by atoms with Gasteiger partial charge in [0.2, 0.25) is 0 Å². The van der Waals surface area contributed by atoms with E-state index in [4.69, 9.17) is 10.5 Å². The molecule has 5 heteroatoms. The number of nitrogens with one attached hydrogen (secondary N) is 1. The predicted molar refractivity (Wildman–Crippen MR) is 76.0 cm³/mol. The number of carbonyl (C=O) groups is 1. The Morgan fingerprint density at radius 3 is 2.65 bits per heavy atom. The minimum absolute atomic E-state index is 0.0190. The van der Waals surface area contributed by atoms with E-state index in [1.54, 1.807) is 14.0 Å². The van der Waals surface area contributed by atoms with Gasteiger partial charge in [0.05, 0.1) is 6.10 Å². The molecular weight excluding hydrogens is 259 g/mol. The van der Waals surface area contributed by atoms with Crippen molar-refractivity contribution in [2.45, 2.75) is 39.3 Å². The van der Waals surface area contributed by atoms with Crippen LogP contribution in [-0.4, -0.2) is 25.2 Å². The number of methoxy groups -OCH3 is 1. The van der Waals surface area contributed by atoms with Crippen LogP contribution in [0.2, 0.25) is 0 Å². The Kier molecular flexibility index (Phi) is 3.73. The van der Waals surface area contributed by atoms with Crippen molar-refractivity contribution in [3.63, 3.8) is 0 Å². The highest BCUT2D eigenvalue weighted by atomic mass is 19.1. The second-order valence-electron chi connectivity index (χ2n) is 5.98. The Balaban J connectivity index is 2.11. The maximum atomic E-state index is 13.6. The number of nitrogens with two attached hydrogens (primary N) is 1. The SMILES string of the molecule is COC1CC(NC(=O)c2cc(N)c(C)c(F)c2)C1(C)C. The third-order valence-corrected chi connectivity index (χ3v) is 4.41. The zero-order valence-corrected chi connectivity index (χ0v) is 12.3. The molecule has 1 aromatic carbocycles. The molecule has 0 saturated heterocycles.